The summed E-state index contributed by atoms with van der Waals surface area (Å²) in [4.78, 5) is 14.4. The molecule has 0 radical (unpaired) electrons. The highest BCUT2D eigenvalue weighted by molar-refractivity contribution is 7.91. The summed E-state index contributed by atoms with van der Waals surface area (Å²) in [5.41, 5.74) is -0.583. The van der Waals surface area contributed by atoms with Crippen molar-refractivity contribution in [3.8, 4) is 0 Å². The Balaban J connectivity index is 1.51. The number of carbonyl (C=O) groups excluding carboxylic acids is 1. The molecular weight excluding hydrogens is 290 g/mol. The minimum absolute atomic E-state index is 0.0479. The molecule has 3 unspecified atom stereocenters. The Hall–Kier alpha value is -0.660. The van der Waals surface area contributed by atoms with Crippen molar-refractivity contribution in [2.24, 2.45) is 5.92 Å². The zero-order valence-corrected chi connectivity index (χ0v) is 13.4. The van der Waals surface area contributed by atoms with Crippen LogP contribution < -0.4 is 10.6 Å². The van der Waals surface area contributed by atoms with Crippen LogP contribution in [0.3, 0.4) is 0 Å². The van der Waals surface area contributed by atoms with Gasteiger partial charge in [-0.25, -0.2) is 8.42 Å². The van der Waals surface area contributed by atoms with E-state index in [0.717, 1.165) is 19.6 Å². The van der Waals surface area contributed by atoms with Gasteiger partial charge in [0.1, 0.15) is 0 Å². The monoisotopic (exact) mass is 315 g/mol. The first-order chi connectivity index (χ1) is 9.85. The lowest BCUT2D eigenvalue weighted by Crippen LogP contribution is -2.50. The Kier molecular flexibility index (Phi) is 4.00. The van der Waals surface area contributed by atoms with Crippen molar-refractivity contribution in [2.45, 2.75) is 37.8 Å². The Labute approximate surface area is 126 Å². The molecule has 3 aliphatic heterocycles. The minimum Gasteiger partial charge on any atom is -0.349 e. The van der Waals surface area contributed by atoms with Gasteiger partial charge in [-0.05, 0) is 38.6 Å². The molecular formula is C14H25N3O3S. The maximum Gasteiger partial charge on any atom is 0.234 e. The molecule has 3 fully saturated rings. The molecule has 3 atom stereocenters. The highest BCUT2D eigenvalue weighted by atomic mass is 32.2. The van der Waals surface area contributed by atoms with E-state index in [-0.39, 0.29) is 17.4 Å². The fraction of sp³-hybridized carbons (Fsp3) is 0.929. The summed E-state index contributed by atoms with van der Waals surface area (Å²) >= 11 is 0. The quantitative estimate of drug-likeness (QED) is 0.725. The van der Waals surface area contributed by atoms with E-state index >= 15 is 0 Å². The van der Waals surface area contributed by atoms with Crippen LogP contribution >= 0.6 is 0 Å². The molecule has 0 bridgehead atoms. The summed E-state index contributed by atoms with van der Waals surface area (Å²) in [7, 11) is -2.98. The highest BCUT2D eigenvalue weighted by Gasteiger charge is 2.40. The predicted molar refractivity (Wildman–Crippen MR) is 80.8 cm³/mol. The Morgan fingerprint density at radius 2 is 2.24 bits per heavy atom. The average molecular weight is 315 g/mol. The molecule has 6 nitrogen and oxygen atoms in total. The number of rotatable bonds is 3. The van der Waals surface area contributed by atoms with Gasteiger partial charge in [0.15, 0.2) is 9.84 Å². The number of likely N-dealkylation sites (tertiary alicyclic amines) is 1. The van der Waals surface area contributed by atoms with Gasteiger partial charge in [-0.15, -0.1) is 0 Å². The summed E-state index contributed by atoms with van der Waals surface area (Å²) in [5.74, 6) is 0.863. The Bertz CT molecular complexity index is 508. The van der Waals surface area contributed by atoms with Crippen LogP contribution in [0.4, 0.5) is 0 Å². The van der Waals surface area contributed by atoms with E-state index in [1.54, 1.807) is 0 Å². The van der Waals surface area contributed by atoms with Gasteiger partial charge >= 0.3 is 0 Å². The van der Waals surface area contributed by atoms with E-state index in [1.807, 2.05) is 6.92 Å². The van der Waals surface area contributed by atoms with Gasteiger partial charge < -0.3 is 10.6 Å². The first kappa shape index (κ1) is 15.2. The van der Waals surface area contributed by atoms with E-state index in [4.69, 9.17) is 0 Å². The molecule has 7 heteroatoms. The molecule has 2 N–H and O–H groups in total. The minimum atomic E-state index is -2.98. The lowest BCUT2D eigenvalue weighted by atomic mass is 9.94. The third-order valence-corrected chi connectivity index (χ3v) is 6.89. The van der Waals surface area contributed by atoms with Crippen LogP contribution in [-0.4, -0.2) is 68.5 Å². The van der Waals surface area contributed by atoms with Crippen LogP contribution in [0.2, 0.25) is 0 Å². The van der Waals surface area contributed by atoms with Gasteiger partial charge in [-0.3, -0.25) is 9.69 Å². The van der Waals surface area contributed by atoms with Crippen molar-refractivity contribution < 1.29 is 13.2 Å². The summed E-state index contributed by atoms with van der Waals surface area (Å²) in [6, 6.07) is 0.522. The number of fused-ring (bicyclic) bond motifs is 1. The Morgan fingerprint density at radius 3 is 2.90 bits per heavy atom. The number of amides is 1. The number of hydrogen-bond donors (Lipinski definition) is 2. The molecule has 120 valence electrons. The highest BCUT2D eigenvalue weighted by Crippen LogP contribution is 2.25. The molecule has 0 aromatic carbocycles. The molecule has 1 amide bonds. The van der Waals surface area contributed by atoms with Gasteiger partial charge in [0.05, 0.1) is 23.6 Å². The second kappa shape index (κ2) is 5.52. The van der Waals surface area contributed by atoms with Crippen LogP contribution in [-0.2, 0) is 14.6 Å². The lowest BCUT2D eigenvalue weighted by Gasteiger charge is -2.25. The van der Waals surface area contributed by atoms with Crippen LogP contribution in [0.25, 0.3) is 0 Å². The standard InChI is InChI=1S/C14H25N3O3S/c1-14(4-6-21(19,20)10-14)16-13(18)9-17-7-11-3-2-5-15-12(11)8-17/h11-12,15H,2-10H2,1H3,(H,16,18). The molecule has 3 aliphatic rings. The van der Waals surface area contributed by atoms with Crippen molar-refractivity contribution in [2.75, 3.05) is 37.7 Å². The van der Waals surface area contributed by atoms with Gasteiger partial charge in [0.2, 0.25) is 5.91 Å². The Morgan fingerprint density at radius 1 is 1.43 bits per heavy atom. The van der Waals surface area contributed by atoms with E-state index in [1.165, 1.54) is 12.8 Å². The van der Waals surface area contributed by atoms with E-state index in [9.17, 15) is 13.2 Å². The number of piperidine rings is 1. The van der Waals surface area contributed by atoms with Gasteiger partial charge in [-0.1, -0.05) is 0 Å². The van der Waals surface area contributed by atoms with Crippen molar-refractivity contribution in [1.29, 1.82) is 0 Å². The number of carbonyl (C=O) groups is 1. The van der Waals surface area contributed by atoms with Crippen molar-refractivity contribution in [3.05, 3.63) is 0 Å². The summed E-state index contributed by atoms with van der Waals surface area (Å²) in [5, 5.41) is 6.46. The molecule has 0 aromatic heterocycles. The van der Waals surface area contributed by atoms with Gasteiger partial charge in [0.25, 0.3) is 0 Å². The van der Waals surface area contributed by atoms with Gasteiger partial charge in [0, 0.05) is 19.1 Å². The summed E-state index contributed by atoms with van der Waals surface area (Å²) in [6.45, 7) is 5.19. The third-order valence-electron chi connectivity index (χ3n) is 4.99. The maximum atomic E-state index is 12.2. The average Bonchev–Trinajstić information content (AvgIpc) is 2.88. The van der Waals surface area contributed by atoms with E-state index in [2.05, 4.69) is 15.5 Å². The van der Waals surface area contributed by atoms with Crippen LogP contribution in [0.1, 0.15) is 26.2 Å². The molecule has 0 saturated carbocycles. The summed E-state index contributed by atoms with van der Waals surface area (Å²) < 4.78 is 23.1. The second-order valence-electron chi connectivity index (χ2n) is 7.11. The van der Waals surface area contributed by atoms with Crippen molar-refractivity contribution >= 4 is 15.7 Å². The van der Waals surface area contributed by atoms with Crippen LogP contribution in [0.15, 0.2) is 0 Å². The first-order valence-electron chi connectivity index (χ1n) is 7.82. The topological polar surface area (TPSA) is 78.5 Å². The number of sulfone groups is 1. The van der Waals surface area contributed by atoms with E-state index in [0.29, 0.717) is 24.9 Å². The molecule has 3 saturated heterocycles. The zero-order valence-electron chi connectivity index (χ0n) is 12.6. The molecule has 0 aromatic rings. The lowest BCUT2D eigenvalue weighted by molar-refractivity contribution is -0.123. The molecule has 0 aliphatic carbocycles. The maximum absolute atomic E-state index is 12.2. The third kappa shape index (κ3) is 3.57. The number of nitrogens with zero attached hydrogens (tertiary/aromatic N) is 1. The molecule has 3 heterocycles. The summed E-state index contributed by atoms with van der Waals surface area (Å²) in [6.07, 6.45) is 2.98. The van der Waals surface area contributed by atoms with E-state index < -0.39 is 15.4 Å². The molecule has 21 heavy (non-hydrogen) atoms. The van der Waals surface area contributed by atoms with Crippen LogP contribution in [0.5, 0.6) is 0 Å². The zero-order chi connectivity index (χ0) is 15.1. The normalized spacial score (nSPS) is 39.1. The van der Waals surface area contributed by atoms with Crippen LogP contribution in [0, 0.1) is 5.92 Å². The molecule has 0 spiro atoms. The second-order valence-corrected chi connectivity index (χ2v) is 9.29. The molecule has 3 rings (SSSR count). The number of nitrogens with one attached hydrogen (secondary N) is 2. The van der Waals surface area contributed by atoms with Crippen molar-refractivity contribution in [3.63, 3.8) is 0 Å². The SMILES string of the molecule is CC1(NC(=O)CN2CC3CCCNC3C2)CCS(=O)(=O)C1. The first-order valence-corrected chi connectivity index (χ1v) is 9.65. The fourth-order valence-corrected chi connectivity index (χ4v) is 6.05. The van der Waals surface area contributed by atoms with Gasteiger partial charge in [-0.2, -0.15) is 0 Å². The predicted octanol–water partition coefficient (Wildman–Crippen LogP) is -0.636. The largest absolute Gasteiger partial charge is 0.349 e. The fourth-order valence-electron chi connectivity index (χ4n) is 3.95. The van der Waals surface area contributed by atoms with Crippen molar-refractivity contribution in [1.82, 2.24) is 15.5 Å². The smallest absolute Gasteiger partial charge is 0.234 e. The number of hydrogen-bond acceptors (Lipinski definition) is 5.